The van der Waals surface area contributed by atoms with Gasteiger partial charge in [0, 0.05) is 19.2 Å². The van der Waals surface area contributed by atoms with Gasteiger partial charge in [-0.05, 0) is 32.0 Å². The molecule has 0 saturated heterocycles. The van der Waals surface area contributed by atoms with Crippen LogP contribution in [0.1, 0.15) is 30.6 Å². The third kappa shape index (κ3) is 4.44. The predicted octanol–water partition coefficient (Wildman–Crippen LogP) is 2.25. The van der Waals surface area contributed by atoms with Crippen LogP contribution in [-0.2, 0) is 9.47 Å². The number of methoxy groups -OCH3 is 2. The minimum atomic E-state index is -0.472. The molecule has 0 atom stereocenters. The highest BCUT2D eigenvalue weighted by atomic mass is 16.5. The zero-order chi connectivity index (χ0) is 14.5. The van der Waals surface area contributed by atoms with Gasteiger partial charge in [-0.1, -0.05) is 0 Å². The molecule has 0 spiro atoms. The lowest BCUT2D eigenvalue weighted by Gasteiger charge is -2.22. The Labute approximate surface area is 113 Å². The van der Waals surface area contributed by atoms with Crippen molar-refractivity contribution in [3.05, 3.63) is 23.8 Å². The fourth-order valence-electron chi connectivity index (χ4n) is 1.43. The van der Waals surface area contributed by atoms with Crippen LogP contribution in [0.3, 0.4) is 0 Å². The van der Waals surface area contributed by atoms with E-state index in [0.29, 0.717) is 23.6 Å². The van der Waals surface area contributed by atoms with Gasteiger partial charge in [-0.25, -0.2) is 4.79 Å². The van der Waals surface area contributed by atoms with Crippen LogP contribution < -0.4 is 10.5 Å². The number of ether oxygens (including phenoxy) is 3. The summed E-state index contributed by atoms with van der Waals surface area (Å²) in [5.74, 6) is 0.113. The molecule has 0 aliphatic rings. The molecule has 19 heavy (non-hydrogen) atoms. The quantitative estimate of drug-likeness (QED) is 0.632. The van der Waals surface area contributed by atoms with Gasteiger partial charge in [0.05, 0.1) is 24.9 Å². The van der Waals surface area contributed by atoms with Gasteiger partial charge in [-0.2, -0.15) is 0 Å². The average molecular weight is 267 g/mol. The molecule has 1 rings (SSSR count). The van der Waals surface area contributed by atoms with Crippen LogP contribution in [0.15, 0.2) is 18.2 Å². The van der Waals surface area contributed by atoms with Crippen molar-refractivity contribution in [2.75, 3.05) is 26.6 Å². The number of carbonyl (C=O) groups is 1. The van der Waals surface area contributed by atoms with Crippen LogP contribution in [-0.4, -0.2) is 32.4 Å². The van der Waals surface area contributed by atoms with E-state index in [1.54, 1.807) is 25.3 Å². The Morgan fingerprint density at radius 1 is 1.32 bits per heavy atom. The molecule has 1 aromatic carbocycles. The summed E-state index contributed by atoms with van der Waals surface area (Å²) < 4.78 is 15.5. The minimum absolute atomic E-state index is 0.237. The predicted molar refractivity (Wildman–Crippen MR) is 73.4 cm³/mol. The number of rotatable bonds is 6. The van der Waals surface area contributed by atoms with E-state index < -0.39 is 5.97 Å². The molecule has 0 saturated carbocycles. The highest BCUT2D eigenvalue weighted by Crippen LogP contribution is 2.21. The van der Waals surface area contributed by atoms with E-state index in [2.05, 4.69) is 4.74 Å². The Bertz CT molecular complexity index is 443. The molecule has 0 aliphatic heterocycles. The third-order valence-electron chi connectivity index (χ3n) is 2.96. The first kappa shape index (κ1) is 15.3. The lowest BCUT2D eigenvalue weighted by Crippen LogP contribution is -2.25. The molecule has 106 valence electrons. The maximum absolute atomic E-state index is 11.5. The second-order valence-electron chi connectivity index (χ2n) is 4.80. The van der Waals surface area contributed by atoms with Gasteiger partial charge >= 0.3 is 5.97 Å². The lowest BCUT2D eigenvalue weighted by molar-refractivity contribution is 0.00543. The Hall–Kier alpha value is -1.75. The monoisotopic (exact) mass is 267 g/mol. The summed E-state index contributed by atoms with van der Waals surface area (Å²) in [5, 5.41) is 0. The zero-order valence-electron chi connectivity index (χ0n) is 11.9. The fraction of sp³-hybridized carbons (Fsp3) is 0.500. The maximum atomic E-state index is 11.5. The number of hydrogen-bond acceptors (Lipinski definition) is 5. The van der Waals surface area contributed by atoms with E-state index in [1.165, 1.54) is 7.11 Å². The lowest BCUT2D eigenvalue weighted by atomic mass is 10.1. The molecule has 0 unspecified atom stereocenters. The number of nitrogen functional groups attached to an aromatic ring is 1. The molecule has 0 amide bonds. The van der Waals surface area contributed by atoms with E-state index in [4.69, 9.17) is 15.2 Å². The van der Waals surface area contributed by atoms with Gasteiger partial charge in [0.1, 0.15) is 5.75 Å². The van der Waals surface area contributed by atoms with E-state index in [1.807, 2.05) is 13.8 Å². The number of anilines is 1. The molecule has 1 aromatic rings. The van der Waals surface area contributed by atoms with Crippen molar-refractivity contribution >= 4 is 11.7 Å². The molecule has 0 aliphatic carbocycles. The number of hydrogen-bond donors (Lipinski definition) is 1. The molecular weight excluding hydrogens is 246 g/mol. The number of esters is 1. The molecule has 5 nitrogen and oxygen atoms in total. The van der Waals surface area contributed by atoms with Crippen molar-refractivity contribution in [2.45, 2.75) is 25.9 Å². The molecular formula is C14H21NO4. The molecule has 0 fully saturated rings. The van der Waals surface area contributed by atoms with Gasteiger partial charge in [0.25, 0.3) is 0 Å². The van der Waals surface area contributed by atoms with Crippen LogP contribution in [0, 0.1) is 0 Å². The maximum Gasteiger partial charge on any atom is 0.340 e. The van der Waals surface area contributed by atoms with Gasteiger partial charge in [-0.15, -0.1) is 0 Å². The summed E-state index contributed by atoms with van der Waals surface area (Å²) in [6.07, 6.45) is 0.738. The molecule has 0 bridgehead atoms. The summed E-state index contributed by atoms with van der Waals surface area (Å²) in [6, 6.07) is 4.94. The first-order valence-corrected chi connectivity index (χ1v) is 6.05. The normalized spacial score (nSPS) is 11.2. The average Bonchev–Trinajstić information content (AvgIpc) is 2.39. The fourth-order valence-corrected chi connectivity index (χ4v) is 1.43. The van der Waals surface area contributed by atoms with Crippen LogP contribution in [0.25, 0.3) is 0 Å². The van der Waals surface area contributed by atoms with Crippen molar-refractivity contribution in [1.29, 1.82) is 0 Å². The second kappa shape index (κ2) is 6.43. The molecule has 0 radical (unpaired) electrons. The van der Waals surface area contributed by atoms with Gasteiger partial charge in [-0.3, -0.25) is 0 Å². The molecule has 2 N–H and O–H groups in total. The van der Waals surface area contributed by atoms with Gasteiger partial charge in [0.15, 0.2) is 0 Å². The van der Waals surface area contributed by atoms with Crippen LogP contribution in [0.5, 0.6) is 5.75 Å². The first-order valence-electron chi connectivity index (χ1n) is 6.05. The molecule has 5 heteroatoms. The number of nitrogens with two attached hydrogens (primary N) is 1. The summed E-state index contributed by atoms with van der Waals surface area (Å²) in [6.45, 7) is 4.46. The Balaban J connectivity index is 2.68. The van der Waals surface area contributed by atoms with Gasteiger partial charge in [0.2, 0.25) is 0 Å². The highest BCUT2D eigenvalue weighted by Gasteiger charge is 2.16. The highest BCUT2D eigenvalue weighted by molar-refractivity contribution is 5.95. The van der Waals surface area contributed by atoms with Crippen molar-refractivity contribution in [3.8, 4) is 5.75 Å². The van der Waals surface area contributed by atoms with Crippen molar-refractivity contribution in [1.82, 2.24) is 0 Å². The van der Waals surface area contributed by atoms with E-state index in [0.717, 1.165) is 6.42 Å². The van der Waals surface area contributed by atoms with E-state index in [-0.39, 0.29) is 5.60 Å². The third-order valence-corrected chi connectivity index (χ3v) is 2.96. The van der Waals surface area contributed by atoms with Gasteiger partial charge < -0.3 is 19.9 Å². The summed E-state index contributed by atoms with van der Waals surface area (Å²) in [7, 11) is 2.98. The Kier molecular flexibility index (Phi) is 5.18. The zero-order valence-corrected chi connectivity index (χ0v) is 11.9. The summed E-state index contributed by atoms with van der Waals surface area (Å²) in [5.41, 5.74) is 6.15. The first-order chi connectivity index (χ1) is 8.89. The number of carbonyl (C=O) groups excluding carboxylic acids is 1. The van der Waals surface area contributed by atoms with Crippen LogP contribution >= 0.6 is 0 Å². The van der Waals surface area contributed by atoms with E-state index >= 15 is 0 Å². The summed E-state index contributed by atoms with van der Waals surface area (Å²) >= 11 is 0. The van der Waals surface area contributed by atoms with E-state index in [9.17, 15) is 4.79 Å². The Morgan fingerprint density at radius 2 is 2.00 bits per heavy atom. The summed E-state index contributed by atoms with van der Waals surface area (Å²) in [4.78, 5) is 11.5. The van der Waals surface area contributed by atoms with Crippen LogP contribution in [0.4, 0.5) is 5.69 Å². The topological polar surface area (TPSA) is 70.8 Å². The number of benzene rings is 1. The largest absolute Gasteiger partial charge is 0.493 e. The second-order valence-corrected chi connectivity index (χ2v) is 4.80. The Morgan fingerprint density at radius 3 is 2.58 bits per heavy atom. The molecule has 0 heterocycles. The standard InChI is InChI=1S/C14H21NO4/c1-14(2,18-4)7-8-19-10-5-6-12(15)11(9-10)13(16)17-3/h5-6,9H,7-8,15H2,1-4H3. The van der Waals surface area contributed by atoms with Crippen molar-refractivity contribution in [2.24, 2.45) is 0 Å². The smallest absolute Gasteiger partial charge is 0.340 e. The van der Waals surface area contributed by atoms with Crippen molar-refractivity contribution in [3.63, 3.8) is 0 Å². The van der Waals surface area contributed by atoms with Crippen molar-refractivity contribution < 1.29 is 19.0 Å². The van der Waals surface area contributed by atoms with Crippen LogP contribution in [0.2, 0.25) is 0 Å². The SMILES string of the molecule is COC(=O)c1cc(OCCC(C)(C)OC)ccc1N. The minimum Gasteiger partial charge on any atom is -0.493 e. The molecule has 0 aromatic heterocycles.